The lowest BCUT2D eigenvalue weighted by atomic mass is 10.1. The lowest BCUT2D eigenvalue weighted by Gasteiger charge is -2.22. The number of para-hydroxylation sites is 1. The SMILES string of the molecule is COC(=O)CCCCNC(=O)c1cc(NC(=O)c2cc(NC(=O)c3cc(NC(=O)c4cc(NC(=O)CCCOc5cc6c(cc5OC)C(=O)N5c7ccccc7C[C@H]5C=N6)cn4C)cn3C)cn2C)cn1C. The van der Waals surface area contributed by atoms with E-state index in [0.29, 0.717) is 83.4 Å². The Bertz CT molecular complexity index is 3140. The second kappa shape index (κ2) is 21.4. The molecule has 72 heavy (non-hydrogen) atoms. The number of nitrogens with one attached hydrogen (secondary N) is 5. The Kier molecular flexibility index (Phi) is 14.7. The number of rotatable bonds is 19. The molecule has 0 fully saturated rings. The summed E-state index contributed by atoms with van der Waals surface area (Å²) >= 11 is 0. The molecule has 374 valence electrons. The first-order chi connectivity index (χ1) is 34.6. The predicted octanol–water partition coefficient (Wildman–Crippen LogP) is 5.96. The van der Waals surface area contributed by atoms with Gasteiger partial charge in [-0.25, -0.2) is 0 Å². The van der Waals surface area contributed by atoms with Crippen LogP contribution in [0.25, 0.3) is 0 Å². The molecule has 0 spiro atoms. The number of hydrogen-bond acceptors (Lipinski definition) is 11. The molecule has 1 atom stereocenters. The molecule has 0 saturated carbocycles. The number of unbranched alkanes of at least 4 members (excludes halogenated alkanes) is 1. The van der Waals surface area contributed by atoms with Crippen LogP contribution in [0.4, 0.5) is 34.1 Å². The van der Waals surface area contributed by atoms with Crippen LogP contribution in [0.5, 0.6) is 11.5 Å². The standard InChI is InChI=1S/C51H55N11O10/c1-58-27-32(20-39(58)47(65)52-16-10-9-15-46(64)71-6)55-49(67)41-22-34(29-60(41)3)57-50(68)42-21-33(28-61(42)4)56-48(66)40-19-31(26-59(40)2)54-45(63)14-11-17-72-44-24-37-36(23-43(44)70-5)51(69)62-35(25-53-37)18-30-12-7-8-13-38(30)62/h7-8,12-13,19-29,35H,9-11,14-18H2,1-6H3,(H,52,65)(H,54,63)(H,55,67)(H,56,66)(H,57,68)/t35-/m0/s1. The van der Waals surface area contributed by atoms with Crippen LogP contribution in [-0.4, -0.2) is 99.3 Å². The van der Waals surface area contributed by atoms with Crippen LogP contribution in [-0.2, 0) is 48.9 Å². The van der Waals surface area contributed by atoms with Gasteiger partial charge in [-0.2, -0.15) is 0 Å². The molecular weight excluding hydrogens is 927 g/mol. The second-order valence-corrected chi connectivity index (χ2v) is 17.4. The molecule has 0 radical (unpaired) electrons. The normalized spacial score (nSPS) is 13.3. The zero-order valence-corrected chi connectivity index (χ0v) is 40.7. The fraction of sp³-hybridized carbons (Fsp3) is 0.294. The summed E-state index contributed by atoms with van der Waals surface area (Å²) in [5.74, 6) is -1.78. The molecule has 5 N–H and O–H groups in total. The summed E-state index contributed by atoms with van der Waals surface area (Å²) in [5.41, 5.74) is 5.35. The number of ether oxygens (including phenoxy) is 3. The summed E-state index contributed by atoms with van der Waals surface area (Å²) in [6.07, 6.45) is 10.8. The molecule has 2 aliphatic heterocycles. The average molecular weight is 982 g/mol. The molecule has 0 unspecified atom stereocenters. The summed E-state index contributed by atoms with van der Waals surface area (Å²) in [7, 11) is 9.48. The average Bonchev–Trinajstić information content (AvgIpc) is 4.17. The van der Waals surface area contributed by atoms with Crippen LogP contribution in [0.2, 0.25) is 0 Å². The number of hydrogen-bond donors (Lipinski definition) is 5. The molecule has 6 heterocycles. The lowest BCUT2D eigenvalue weighted by Crippen LogP contribution is -2.37. The molecule has 6 aromatic rings. The van der Waals surface area contributed by atoms with Gasteiger partial charge >= 0.3 is 5.97 Å². The minimum absolute atomic E-state index is 0.114. The smallest absolute Gasteiger partial charge is 0.305 e. The number of carbonyl (C=O) groups excluding carboxylic acids is 7. The number of aliphatic imine (C=N–C) groups is 1. The zero-order chi connectivity index (χ0) is 51.2. The summed E-state index contributed by atoms with van der Waals surface area (Å²) < 4.78 is 22.5. The van der Waals surface area contributed by atoms with Gasteiger partial charge in [0.1, 0.15) is 22.8 Å². The maximum atomic E-state index is 13.7. The molecule has 0 bridgehead atoms. The molecular formula is C51H55N11O10. The Morgan fingerprint density at radius 3 is 1.74 bits per heavy atom. The Morgan fingerprint density at radius 2 is 1.18 bits per heavy atom. The monoisotopic (exact) mass is 981 g/mol. The third-order valence-electron chi connectivity index (χ3n) is 12.3. The first kappa shape index (κ1) is 49.5. The fourth-order valence-electron chi connectivity index (χ4n) is 8.64. The first-order valence-corrected chi connectivity index (χ1v) is 23.2. The van der Waals surface area contributed by atoms with Crippen molar-refractivity contribution in [3.05, 3.63) is 119 Å². The van der Waals surface area contributed by atoms with Crippen molar-refractivity contribution >= 4 is 81.8 Å². The second-order valence-electron chi connectivity index (χ2n) is 17.4. The Hall–Kier alpha value is -8.88. The van der Waals surface area contributed by atoms with Gasteiger partial charge in [-0.1, -0.05) is 18.2 Å². The van der Waals surface area contributed by atoms with Gasteiger partial charge in [0.25, 0.3) is 29.5 Å². The Balaban J connectivity index is 0.797. The van der Waals surface area contributed by atoms with Gasteiger partial charge in [0, 0.05) is 96.8 Å². The van der Waals surface area contributed by atoms with Crippen molar-refractivity contribution in [1.29, 1.82) is 0 Å². The van der Waals surface area contributed by atoms with Crippen LogP contribution in [0.3, 0.4) is 0 Å². The minimum Gasteiger partial charge on any atom is -0.493 e. The Labute approximate surface area is 414 Å². The largest absolute Gasteiger partial charge is 0.493 e. The number of esters is 1. The van der Waals surface area contributed by atoms with Gasteiger partial charge in [0.15, 0.2) is 11.5 Å². The molecule has 2 aromatic carbocycles. The maximum absolute atomic E-state index is 13.7. The van der Waals surface area contributed by atoms with E-state index in [2.05, 4.69) is 36.3 Å². The third kappa shape index (κ3) is 10.9. The molecule has 0 saturated heterocycles. The maximum Gasteiger partial charge on any atom is 0.305 e. The molecule has 2 aliphatic rings. The first-order valence-electron chi connectivity index (χ1n) is 23.2. The number of carbonyl (C=O) groups is 7. The number of amides is 6. The van der Waals surface area contributed by atoms with E-state index >= 15 is 0 Å². The molecule has 4 aromatic heterocycles. The van der Waals surface area contributed by atoms with E-state index in [4.69, 9.17) is 9.47 Å². The highest BCUT2D eigenvalue weighted by atomic mass is 16.5. The Morgan fingerprint density at radius 1 is 0.639 bits per heavy atom. The van der Waals surface area contributed by atoms with Crippen molar-refractivity contribution in [2.45, 2.75) is 44.6 Å². The quantitative estimate of drug-likeness (QED) is 0.0471. The number of nitrogens with zero attached hydrogens (tertiary/aromatic N) is 6. The van der Waals surface area contributed by atoms with E-state index in [0.717, 1.165) is 11.3 Å². The van der Waals surface area contributed by atoms with Crippen molar-refractivity contribution < 1.29 is 47.8 Å². The highest BCUT2D eigenvalue weighted by molar-refractivity contribution is 6.15. The molecule has 8 rings (SSSR count). The van der Waals surface area contributed by atoms with Crippen LogP contribution >= 0.6 is 0 Å². The zero-order valence-electron chi connectivity index (χ0n) is 40.7. The van der Waals surface area contributed by atoms with Gasteiger partial charge in [0.2, 0.25) is 5.91 Å². The van der Waals surface area contributed by atoms with E-state index in [1.165, 1.54) is 26.4 Å². The number of fused-ring (bicyclic) bond motifs is 4. The van der Waals surface area contributed by atoms with Gasteiger partial charge in [-0.05, 0) is 61.2 Å². The van der Waals surface area contributed by atoms with E-state index < -0.39 is 17.7 Å². The summed E-state index contributed by atoms with van der Waals surface area (Å²) in [6, 6.07) is 17.1. The highest BCUT2D eigenvalue weighted by Crippen LogP contribution is 2.41. The molecule has 6 amide bonds. The molecule has 21 nitrogen and oxygen atoms in total. The topological polar surface area (TPSA) is 243 Å². The van der Waals surface area contributed by atoms with Gasteiger partial charge < -0.3 is 59.1 Å². The van der Waals surface area contributed by atoms with E-state index in [1.807, 2.05) is 24.3 Å². The van der Waals surface area contributed by atoms with Gasteiger partial charge in [-0.3, -0.25) is 43.5 Å². The van der Waals surface area contributed by atoms with Crippen molar-refractivity contribution in [3.8, 4) is 11.5 Å². The highest BCUT2D eigenvalue weighted by Gasteiger charge is 2.36. The van der Waals surface area contributed by atoms with Gasteiger partial charge in [-0.15, -0.1) is 0 Å². The van der Waals surface area contributed by atoms with Crippen molar-refractivity contribution in [1.82, 2.24) is 23.6 Å². The number of aryl methyl sites for hydroxylation is 4. The molecule has 0 aliphatic carbocycles. The minimum atomic E-state index is -0.497. The van der Waals surface area contributed by atoms with Crippen LogP contribution < -0.4 is 41.0 Å². The summed E-state index contributed by atoms with van der Waals surface area (Å²) in [5, 5.41) is 14.0. The van der Waals surface area contributed by atoms with Crippen LogP contribution in [0.15, 0.2) is 90.4 Å². The summed E-state index contributed by atoms with van der Waals surface area (Å²) in [6.45, 7) is 0.544. The van der Waals surface area contributed by atoms with E-state index in [9.17, 15) is 33.6 Å². The van der Waals surface area contributed by atoms with Crippen molar-refractivity contribution in [2.24, 2.45) is 33.2 Å². The van der Waals surface area contributed by atoms with Crippen LogP contribution in [0, 0.1) is 0 Å². The lowest BCUT2D eigenvalue weighted by molar-refractivity contribution is -0.140. The third-order valence-corrected chi connectivity index (χ3v) is 12.3. The van der Waals surface area contributed by atoms with Crippen LogP contribution in [0.1, 0.15) is 90.0 Å². The molecule has 21 heteroatoms. The predicted molar refractivity (Wildman–Crippen MR) is 269 cm³/mol. The summed E-state index contributed by atoms with van der Waals surface area (Å²) in [4.78, 5) is 97.4. The number of aromatic nitrogens is 4. The van der Waals surface area contributed by atoms with E-state index in [-0.39, 0.29) is 66.3 Å². The number of benzene rings is 2. The van der Waals surface area contributed by atoms with Crippen molar-refractivity contribution in [2.75, 3.05) is 53.5 Å². The van der Waals surface area contributed by atoms with Gasteiger partial charge in [0.05, 0.1) is 60.9 Å². The van der Waals surface area contributed by atoms with E-state index in [1.54, 1.807) is 107 Å². The van der Waals surface area contributed by atoms with Crippen molar-refractivity contribution in [3.63, 3.8) is 0 Å². The number of anilines is 5. The number of methoxy groups -OCH3 is 2. The fourth-order valence-corrected chi connectivity index (χ4v) is 8.64.